The lowest BCUT2D eigenvalue weighted by molar-refractivity contribution is -0.184. The Morgan fingerprint density at radius 2 is 1.67 bits per heavy atom. The van der Waals surface area contributed by atoms with E-state index >= 15 is 0 Å². The Bertz CT molecular complexity index is 215. The van der Waals surface area contributed by atoms with Crippen LogP contribution in [0.15, 0.2) is 0 Å². The van der Waals surface area contributed by atoms with Crippen molar-refractivity contribution in [1.29, 1.82) is 0 Å². The molecule has 3 nitrogen and oxygen atoms in total. The standard InChI is InChI=1S/C12H26N2O/c1-11(2,3)13-8-7-10(9-13)14(15)12(4,5)6/h10,15H,7-9H2,1-6H3. The molecule has 1 heterocycles. The van der Waals surface area contributed by atoms with Gasteiger partial charge in [0, 0.05) is 30.2 Å². The van der Waals surface area contributed by atoms with Gasteiger partial charge >= 0.3 is 0 Å². The molecule has 15 heavy (non-hydrogen) atoms. The second-order valence-corrected chi connectivity index (χ2v) is 6.57. The molecule has 1 fully saturated rings. The first kappa shape index (κ1) is 12.9. The average Bonchev–Trinajstić information content (AvgIpc) is 2.47. The lowest BCUT2D eigenvalue weighted by atomic mass is 10.1. The van der Waals surface area contributed by atoms with Crippen molar-refractivity contribution in [3.63, 3.8) is 0 Å². The van der Waals surface area contributed by atoms with Gasteiger partial charge in [0.05, 0.1) is 0 Å². The van der Waals surface area contributed by atoms with Crippen molar-refractivity contribution in [3.8, 4) is 0 Å². The van der Waals surface area contributed by atoms with Gasteiger partial charge < -0.3 is 5.21 Å². The predicted octanol–water partition coefficient (Wildman–Crippen LogP) is 2.35. The molecule has 1 N–H and O–H groups in total. The monoisotopic (exact) mass is 214 g/mol. The summed E-state index contributed by atoms with van der Waals surface area (Å²) in [5, 5.41) is 11.6. The summed E-state index contributed by atoms with van der Waals surface area (Å²) in [6.45, 7) is 14.9. The zero-order valence-electron chi connectivity index (χ0n) is 11.0. The van der Waals surface area contributed by atoms with Gasteiger partial charge in [-0.1, -0.05) is 0 Å². The largest absolute Gasteiger partial charge is 0.313 e. The van der Waals surface area contributed by atoms with E-state index in [1.165, 1.54) is 5.06 Å². The summed E-state index contributed by atoms with van der Waals surface area (Å²) in [7, 11) is 0. The van der Waals surface area contributed by atoms with E-state index in [0.29, 0.717) is 0 Å². The van der Waals surface area contributed by atoms with Crippen LogP contribution in [0.4, 0.5) is 0 Å². The van der Waals surface area contributed by atoms with E-state index in [-0.39, 0.29) is 17.1 Å². The van der Waals surface area contributed by atoms with Crippen molar-refractivity contribution >= 4 is 0 Å². The minimum Gasteiger partial charge on any atom is -0.313 e. The summed E-state index contributed by atoms with van der Waals surface area (Å²) >= 11 is 0. The highest BCUT2D eigenvalue weighted by atomic mass is 16.5. The maximum Gasteiger partial charge on any atom is 0.0495 e. The second-order valence-electron chi connectivity index (χ2n) is 6.57. The van der Waals surface area contributed by atoms with E-state index in [1.807, 2.05) is 20.8 Å². The minimum atomic E-state index is -0.154. The van der Waals surface area contributed by atoms with Crippen molar-refractivity contribution < 1.29 is 5.21 Å². The number of likely N-dealkylation sites (tertiary alicyclic amines) is 1. The lowest BCUT2D eigenvalue weighted by Gasteiger charge is -2.36. The molecule has 1 aliphatic heterocycles. The van der Waals surface area contributed by atoms with Crippen molar-refractivity contribution in [2.45, 2.75) is 65.1 Å². The van der Waals surface area contributed by atoms with Gasteiger partial charge in [-0.15, -0.1) is 0 Å². The van der Waals surface area contributed by atoms with Crippen molar-refractivity contribution in [2.75, 3.05) is 13.1 Å². The van der Waals surface area contributed by atoms with Gasteiger partial charge in [0.1, 0.15) is 0 Å². The Morgan fingerprint density at radius 3 is 2.00 bits per heavy atom. The van der Waals surface area contributed by atoms with Gasteiger partial charge in [-0.2, -0.15) is 5.06 Å². The smallest absolute Gasteiger partial charge is 0.0495 e. The first-order chi connectivity index (χ1) is 6.62. The van der Waals surface area contributed by atoms with Crippen LogP contribution >= 0.6 is 0 Å². The minimum absolute atomic E-state index is 0.154. The molecule has 3 heteroatoms. The van der Waals surface area contributed by atoms with Gasteiger partial charge in [0.15, 0.2) is 0 Å². The highest BCUT2D eigenvalue weighted by Crippen LogP contribution is 2.26. The number of hydrogen-bond acceptors (Lipinski definition) is 3. The molecule has 0 radical (unpaired) electrons. The molecule has 0 aromatic carbocycles. The van der Waals surface area contributed by atoms with Gasteiger partial charge in [-0.25, -0.2) is 0 Å². The normalized spacial score (nSPS) is 25.2. The average molecular weight is 214 g/mol. The fraction of sp³-hybridized carbons (Fsp3) is 1.00. The highest BCUT2D eigenvalue weighted by Gasteiger charge is 2.36. The molecular weight excluding hydrogens is 188 g/mol. The Hall–Kier alpha value is -0.120. The summed E-state index contributed by atoms with van der Waals surface area (Å²) < 4.78 is 0. The van der Waals surface area contributed by atoms with Crippen LogP contribution in [-0.2, 0) is 0 Å². The third kappa shape index (κ3) is 3.16. The Kier molecular flexibility index (Phi) is 3.49. The van der Waals surface area contributed by atoms with E-state index in [0.717, 1.165) is 19.5 Å². The maximum absolute atomic E-state index is 10.1. The Balaban J connectivity index is 2.57. The molecule has 1 unspecified atom stereocenters. The van der Waals surface area contributed by atoms with Crippen LogP contribution < -0.4 is 0 Å². The second kappa shape index (κ2) is 4.04. The zero-order chi connectivity index (χ0) is 11.9. The van der Waals surface area contributed by atoms with Gasteiger partial charge in [0.25, 0.3) is 0 Å². The topological polar surface area (TPSA) is 26.7 Å². The summed E-state index contributed by atoms with van der Waals surface area (Å²) in [5.41, 5.74) is 0.0615. The van der Waals surface area contributed by atoms with Crippen LogP contribution in [0.1, 0.15) is 48.0 Å². The van der Waals surface area contributed by atoms with Crippen LogP contribution in [0, 0.1) is 0 Å². The third-order valence-corrected chi connectivity index (χ3v) is 3.15. The molecule has 0 aliphatic carbocycles. The van der Waals surface area contributed by atoms with Crippen LogP contribution in [0.25, 0.3) is 0 Å². The molecule has 1 saturated heterocycles. The Labute approximate surface area is 94.0 Å². The first-order valence-electron chi connectivity index (χ1n) is 5.85. The van der Waals surface area contributed by atoms with Gasteiger partial charge in [-0.3, -0.25) is 4.90 Å². The van der Waals surface area contributed by atoms with E-state index in [4.69, 9.17) is 0 Å². The molecule has 1 atom stereocenters. The lowest BCUT2D eigenvalue weighted by Crippen LogP contribution is -2.48. The van der Waals surface area contributed by atoms with E-state index < -0.39 is 0 Å². The molecule has 0 spiro atoms. The number of rotatable bonds is 1. The SMILES string of the molecule is CC(C)(C)N1CCC(N(O)C(C)(C)C)C1. The number of hydroxylamine groups is 2. The van der Waals surface area contributed by atoms with Crippen molar-refractivity contribution in [3.05, 3.63) is 0 Å². The molecule has 0 bridgehead atoms. The summed E-state index contributed by atoms with van der Waals surface area (Å²) in [5.74, 6) is 0. The zero-order valence-corrected chi connectivity index (χ0v) is 11.0. The third-order valence-electron chi connectivity index (χ3n) is 3.15. The quantitative estimate of drug-likeness (QED) is 0.679. The molecule has 0 saturated carbocycles. The van der Waals surface area contributed by atoms with Crippen LogP contribution in [-0.4, -0.2) is 45.4 Å². The molecule has 90 valence electrons. The fourth-order valence-corrected chi connectivity index (χ4v) is 2.10. The van der Waals surface area contributed by atoms with Crippen LogP contribution in [0.2, 0.25) is 0 Å². The van der Waals surface area contributed by atoms with Gasteiger partial charge in [0.2, 0.25) is 0 Å². The summed E-state index contributed by atoms with van der Waals surface area (Å²) in [6, 6.07) is 0.282. The molecule has 0 aromatic rings. The molecule has 1 aliphatic rings. The number of nitrogens with zero attached hydrogens (tertiary/aromatic N) is 2. The van der Waals surface area contributed by atoms with E-state index in [2.05, 4.69) is 25.7 Å². The van der Waals surface area contributed by atoms with Gasteiger partial charge in [-0.05, 0) is 48.0 Å². The highest BCUT2D eigenvalue weighted by molar-refractivity contribution is 4.90. The van der Waals surface area contributed by atoms with Crippen molar-refractivity contribution in [1.82, 2.24) is 9.96 Å². The van der Waals surface area contributed by atoms with E-state index in [9.17, 15) is 5.21 Å². The first-order valence-corrected chi connectivity index (χ1v) is 5.85. The molecular formula is C12H26N2O. The summed E-state index contributed by atoms with van der Waals surface area (Å²) in [4.78, 5) is 2.44. The number of hydrogen-bond donors (Lipinski definition) is 1. The fourth-order valence-electron chi connectivity index (χ4n) is 2.10. The Morgan fingerprint density at radius 1 is 1.13 bits per heavy atom. The maximum atomic E-state index is 10.1. The predicted molar refractivity (Wildman–Crippen MR) is 63.1 cm³/mol. The van der Waals surface area contributed by atoms with Crippen LogP contribution in [0.3, 0.4) is 0 Å². The molecule has 1 rings (SSSR count). The van der Waals surface area contributed by atoms with E-state index in [1.54, 1.807) is 0 Å². The summed E-state index contributed by atoms with van der Waals surface area (Å²) in [6.07, 6.45) is 1.06. The molecule has 0 amide bonds. The molecule has 0 aromatic heterocycles. The van der Waals surface area contributed by atoms with Crippen molar-refractivity contribution in [2.24, 2.45) is 0 Å². The van der Waals surface area contributed by atoms with Crippen LogP contribution in [0.5, 0.6) is 0 Å².